The van der Waals surface area contributed by atoms with E-state index < -0.39 is 16.1 Å². The first kappa shape index (κ1) is 31.6. The standard InChI is InChI=1S/C36H32Cl2N4O3S/c1-24(2)5-3-6-25-9-13-27(14-10-25)28-15-11-26(12-16-28)19-35-39-34(32-18-17-29(37)20-33(32)38)22-41(35)30-7-4-8-31(21-30)42-23-36(43)40-46(42,44)45/h4-5,7-18,20-22H,3,6,19,23H2,1-2H3,(H,40,43). The number of aromatic nitrogens is 2. The fourth-order valence-corrected chi connectivity index (χ4v) is 7.10. The minimum atomic E-state index is -3.95. The monoisotopic (exact) mass is 670 g/mol. The van der Waals surface area contributed by atoms with Crippen molar-refractivity contribution in [2.45, 2.75) is 33.1 Å². The van der Waals surface area contributed by atoms with Gasteiger partial charge in [0.2, 0.25) is 0 Å². The Morgan fingerprint density at radius 3 is 2.20 bits per heavy atom. The molecule has 6 rings (SSSR count). The van der Waals surface area contributed by atoms with E-state index in [0.717, 1.165) is 45.2 Å². The van der Waals surface area contributed by atoms with Crippen LogP contribution in [0.3, 0.4) is 0 Å². The van der Waals surface area contributed by atoms with E-state index in [2.05, 4.69) is 68.5 Å². The van der Waals surface area contributed by atoms with E-state index in [4.69, 9.17) is 28.2 Å². The lowest BCUT2D eigenvalue weighted by molar-refractivity contribution is -0.117. The molecule has 1 aliphatic rings. The zero-order valence-corrected chi connectivity index (χ0v) is 27.7. The highest BCUT2D eigenvalue weighted by Crippen LogP contribution is 2.32. The summed E-state index contributed by atoms with van der Waals surface area (Å²) in [6, 6.07) is 29.4. The molecular formula is C36H32Cl2N4O3S. The Morgan fingerprint density at radius 2 is 1.57 bits per heavy atom. The second kappa shape index (κ2) is 13.2. The number of imidazole rings is 1. The number of hydrogen-bond acceptors (Lipinski definition) is 4. The summed E-state index contributed by atoms with van der Waals surface area (Å²) in [4.78, 5) is 16.9. The van der Waals surface area contributed by atoms with E-state index in [0.29, 0.717) is 33.5 Å². The average Bonchev–Trinajstić information content (AvgIpc) is 3.56. The van der Waals surface area contributed by atoms with E-state index in [1.807, 2.05) is 27.6 Å². The van der Waals surface area contributed by atoms with Crippen LogP contribution in [-0.2, 0) is 27.8 Å². The van der Waals surface area contributed by atoms with Gasteiger partial charge in [-0.15, -0.1) is 0 Å². The third-order valence-electron chi connectivity index (χ3n) is 7.79. The molecule has 1 amide bonds. The van der Waals surface area contributed by atoms with Crippen molar-refractivity contribution >= 4 is 45.0 Å². The zero-order chi connectivity index (χ0) is 32.4. The Labute approximate surface area is 279 Å². The van der Waals surface area contributed by atoms with Gasteiger partial charge in [0.05, 0.1) is 16.4 Å². The van der Waals surface area contributed by atoms with Gasteiger partial charge in [0.25, 0.3) is 5.91 Å². The summed E-state index contributed by atoms with van der Waals surface area (Å²) in [7, 11) is -3.95. The largest absolute Gasteiger partial charge is 0.326 e. The number of carbonyl (C=O) groups is 1. The minimum Gasteiger partial charge on any atom is -0.303 e. The number of nitrogens with one attached hydrogen (secondary N) is 1. The van der Waals surface area contributed by atoms with Crippen molar-refractivity contribution in [3.8, 4) is 28.1 Å². The average molecular weight is 672 g/mol. The third kappa shape index (κ3) is 7.04. The third-order valence-corrected chi connectivity index (χ3v) is 9.74. The number of anilines is 1. The van der Waals surface area contributed by atoms with Gasteiger partial charge >= 0.3 is 10.2 Å². The molecule has 0 radical (unpaired) electrons. The Hall–Kier alpha value is -4.37. The van der Waals surface area contributed by atoms with E-state index in [9.17, 15) is 13.2 Å². The topological polar surface area (TPSA) is 84.3 Å². The normalized spacial score (nSPS) is 13.9. The summed E-state index contributed by atoms with van der Waals surface area (Å²) in [5, 5.41) is 0.993. The van der Waals surface area contributed by atoms with Crippen LogP contribution in [0.5, 0.6) is 0 Å². The Kier molecular flexibility index (Phi) is 9.04. The quantitative estimate of drug-likeness (QED) is 0.160. The molecule has 0 bridgehead atoms. The van der Waals surface area contributed by atoms with Crippen LogP contribution in [0.4, 0.5) is 5.69 Å². The van der Waals surface area contributed by atoms with Crippen LogP contribution < -0.4 is 9.03 Å². The summed E-state index contributed by atoms with van der Waals surface area (Å²) in [5.74, 6) is 0.150. The maximum atomic E-state index is 12.5. The van der Waals surface area contributed by atoms with Crippen molar-refractivity contribution in [3.63, 3.8) is 0 Å². The number of aryl methyl sites for hydroxylation is 1. The fraction of sp³-hybridized carbons (Fsp3) is 0.167. The molecule has 0 unspecified atom stereocenters. The number of benzene rings is 4. The van der Waals surface area contributed by atoms with Crippen molar-refractivity contribution in [2.24, 2.45) is 0 Å². The van der Waals surface area contributed by atoms with Gasteiger partial charge in [0.1, 0.15) is 12.4 Å². The molecule has 1 N–H and O–H groups in total. The van der Waals surface area contributed by atoms with Crippen molar-refractivity contribution < 1.29 is 13.2 Å². The second-order valence-electron chi connectivity index (χ2n) is 11.5. The van der Waals surface area contributed by atoms with Crippen LogP contribution in [0.15, 0.2) is 109 Å². The molecule has 5 aromatic rings. The Balaban J connectivity index is 1.31. The van der Waals surface area contributed by atoms with Crippen LogP contribution in [0.1, 0.15) is 37.2 Å². The predicted octanol–water partition coefficient (Wildman–Crippen LogP) is 8.18. The van der Waals surface area contributed by atoms with Gasteiger partial charge in [0, 0.05) is 28.9 Å². The molecule has 0 saturated carbocycles. The van der Waals surface area contributed by atoms with Gasteiger partial charge in [-0.05, 0) is 85.3 Å². The maximum absolute atomic E-state index is 12.5. The predicted molar refractivity (Wildman–Crippen MR) is 186 cm³/mol. The van der Waals surface area contributed by atoms with Gasteiger partial charge in [-0.3, -0.25) is 4.79 Å². The molecule has 1 saturated heterocycles. The minimum absolute atomic E-state index is 0.279. The summed E-state index contributed by atoms with van der Waals surface area (Å²) >= 11 is 12.7. The summed E-state index contributed by atoms with van der Waals surface area (Å²) in [6.07, 6.45) is 6.70. The van der Waals surface area contributed by atoms with Gasteiger partial charge in [0.15, 0.2) is 0 Å². The van der Waals surface area contributed by atoms with Crippen LogP contribution in [0.2, 0.25) is 10.0 Å². The summed E-state index contributed by atoms with van der Waals surface area (Å²) < 4.78 is 30.1. The lowest BCUT2D eigenvalue weighted by atomic mass is 10.00. The van der Waals surface area contributed by atoms with E-state index in [1.54, 1.807) is 30.3 Å². The molecule has 234 valence electrons. The number of carbonyl (C=O) groups excluding carboxylic acids is 1. The molecule has 0 aliphatic carbocycles. The van der Waals surface area contributed by atoms with Crippen LogP contribution in [0.25, 0.3) is 28.1 Å². The van der Waals surface area contributed by atoms with Crippen molar-refractivity contribution in [3.05, 3.63) is 136 Å². The summed E-state index contributed by atoms with van der Waals surface area (Å²) in [5.41, 5.74) is 8.41. The number of allylic oxidation sites excluding steroid dienone is 2. The highest BCUT2D eigenvalue weighted by Gasteiger charge is 2.34. The van der Waals surface area contributed by atoms with Gasteiger partial charge in [-0.2, -0.15) is 8.42 Å². The first-order valence-electron chi connectivity index (χ1n) is 14.8. The molecule has 1 fully saturated rings. The van der Waals surface area contributed by atoms with Crippen LogP contribution in [-0.4, -0.2) is 30.4 Å². The number of amides is 1. The highest BCUT2D eigenvalue weighted by molar-refractivity contribution is 7.92. The SMILES string of the molecule is CC(C)=CCCc1ccc(-c2ccc(Cc3nc(-c4ccc(Cl)cc4Cl)cn3-c3cccc(N4CC(=O)NS4(=O)=O)c3)cc2)cc1. The smallest absolute Gasteiger partial charge is 0.303 e. The molecule has 1 aromatic heterocycles. The van der Waals surface area contributed by atoms with Gasteiger partial charge < -0.3 is 4.57 Å². The van der Waals surface area contributed by atoms with Crippen LogP contribution in [0, 0.1) is 0 Å². The van der Waals surface area contributed by atoms with Crippen LogP contribution >= 0.6 is 23.2 Å². The van der Waals surface area contributed by atoms with E-state index >= 15 is 0 Å². The highest BCUT2D eigenvalue weighted by atomic mass is 35.5. The zero-order valence-electron chi connectivity index (χ0n) is 25.4. The molecule has 10 heteroatoms. The van der Waals surface area contributed by atoms with Gasteiger partial charge in [-0.1, -0.05) is 89.4 Å². The summed E-state index contributed by atoms with van der Waals surface area (Å²) in [6.45, 7) is 3.97. The Bertz CT molecular complexity index is 2050. The van der Waals surface area contributed by atoms with Crippen molar-refractivity contribution in [2.75, 3.05) is 10.8 Å². The molecule has 2 heterocycles. The molecular weight excluding hydrogens is 639 g/mol. The maximum Gasteiger partial charge on any atom is 0.326 e. The molecule has 0 atom stereocenters. The fourth-order valence-electron chi connectivity index (χ4n) is 5.46. The second-order valence-corrected chi connectivity index (χ2v) is 13.9. The Morgan fingerprint density at radius 1 is 0.891 bits per heavy atom. The van der Waals surface area contributed by atoms with Crippen molar-refractivity contribution in [1.82, 2.24) is 14.3 Å². The van der Waals surface area contributed by atoms with E-state index in [1.165, 1.54) is 11.1 Å². The lowest BCUT2D eigenvalue weighted by Crippen LogP contribution is -2.29. The van der Waals surface area contributed by atoms with Crippen molar-refractivity contribution in [1.29, 1.82) is 0 Å². The molecule has 46 heavy (non-hydrogen) atoms. The number of nitrogens with zero attached hydrogens (tertiary/aromatic N) is 3. The molecule has 4 aromatic carbocycles. The lowest BCUT2D eigenvalue weighted by Gasteiger charge is -2.16. The first-order valence-corrected chi connectivity index (χ1v) is 17.0. The molecule has 1 aliphatic heterocycles. The number of hydrogen-bond donors (Lipinski definition) is 1. The van der Waals surface area contributed by atoms with E-state index in [-0.39, 0.29) is 6.54 Å². The van der Waals surface area contributed by atoms with Gasteiger partial charge in [-0.25, -0.2) is 14.0 Å². The number of halogens is 2. The number of rotatable bonds is 9. The molecule has 7 nitrogen and oxygen atoms in total. The first-order chi connectivity index (χ1) is 22.1. The molecule has 0 spiro atoms.